The molecule has 0 unspecified atom stereocenters. The van der Waals surface area contributed by atoms with Crippen LogP contribution in [0.15, 0.2) is 78.2 Å². The van der Waals surface area contributed by atoms with Crippen LogP contribution in [0.25, 0.3) is 0 Å². The van der Waals surface area contributed by atoms with Crippen molar-refractivity contribution >= 4 is 46.4 Å². The number of hydrogen-bond acceptors (Lipinski definition) is 5. The average Bonchev–Trinajstić information content (AvgIpc) is 3.48. The van der Waals surface area contributed by atoms with Gasteiger partial charge < -0.3 is 14.5 Å². The summed E-state index contributed by atoms with van der Waals surface area (Å²) < 4.78 is 42.6. The van der Waals surface area contributed by atoms with Crippen molar-refractivity contribution in [1.82, 2.24) is 14.8 Å². The molecule has 6 nitrogen and oxygen atoms in total. The van der Waals surface area contributed by atoms with Gasteiger partial charge in [0.2, 0.25) is 0 Å². The Balaban J connectivity index is 1.26. The largest absolute Gasteiger partial charge is 0.573 e. The fourth-order valence-corrected chi connectivity index (χ4v) is 6.13. The van der Waals surface area contributed by atoms with Crippen LogP contribution in [0.5, 0.6) is 5.75 Å². The lowest BCUT2D eigenvalue weighted by atomic mass is 9.97. The number of rotatable bonds is 8. The van der Waals surface area contributed by atoms with Crippen molar-refractivity contribution in [3.63, 3.8) is 0 Å². The highest BCUT2D eigenvalue weighted by molar-refractivity contribution is 7.09. The number of amides is 2. The van der Waals surface area contributed by atoms with E-state index in [1.807, 2.05) is 24.3 Å². The second kappa shape index (κ2) is 13.4. The van der Waals surface area contributed by atoms with Gasteiger partial charge in [-0.2, -0.15) is 0 Å². The van der Waals surface area contributed by atoms with Crippen molar-refractivity contribution in [2.75, 3.05) is 13.1 Å². The lowest BCUT2D eigenvalue weighted by Gasteiger charge is -2.31. The first-order valence-electron chi connectivity index (χ1n) is 13.4. The molecule has 0 bridgehead atoms. The fraction of sp³-hybridized carbons (Fsp3) is 0.258. The summed E-state index contributed by atoms with van der Waals surface area (Å²) in [4.78, 5) is 34.7. The van der Waals surface area contributed by atoms with Crippen molar-refractivity contribution in [3.8, 4) is 5.75 Å². The Labute approximate surface area is 260 Å². The first kappa shape index (κ1) is 30.8. The minimum absolute atomic E-state index is 0.0123. The van der Waals surface area contributed by atoms with Crippen molar-refractivity contribution < 1.29 is 27.5 Å². The molecule has 0 radical (unpaired) electrons. The Morgan fingerprint density at radius 1 is 0.907 bits per heavy atom. The van der Waals surface area contributed by atoms with Crippen LogP contribution in [0.3, 0.4) is 0 Å². The number of aromatic nitrogens is 1. The summed E-state index contributed by atoms with van der Waals surface area (Å²) in [7, 11) is 0. The maximum Gasteiger partial charge on any atom is 0.573 e. The molecule has 1 aromatic heterocycles. The lowest BCUT2D eigenvalue weighted by molar-refractivity contribution is -0.274. The van der Waals surface area contributed by atoms with Crippen LogP contribution >= 0.6 is 34.5 Å². The van der Waals surface area contributed by atoms with Gasteiger partial charge in [0.15, 0.2) is 0 Å². The number of ether oxygens (including phenoxy) is 1. The van der Waals surface area contributed by atoms with Crippen LogP contribution in [0.4, 0.5) is 13.2 Å². The number of thiazole rings is 1. The number of carbonyl (C=O) groups is 2. The van der Waals surface area contributed by atoms with E-state index >= 15 is 0 Å². The lowest BCUT2D eigenvalue weighted by Crippen LogP contribution is -2.38. The molecule has 2 heterocycles. The Hall–Kier alpha value is -3.60. The summed E-state index contributed by atoms with van der Waals surface area (Å²) in [5.74, 6) is -1.25. The molecular weight excluding hydrogens is 622 g/mol. The third-order valence-electron chi connectivity index (χ3n) is 7.08. The summed E-state index contributed by atoms with van der Waals surface area (Å²) >= 11 is 13.5. The number of piperidine rings is 1. The van der Waals surface area contributed by atoms with Crippen LogP contribution < -0.4 is 4.74 Å². The molecule has 2 amide bonds. The van der Waals surface area contributed by atoms with E-state index in [9.17, 15) is 22.8 Å². The van der Waals surface area contributed by atoms with E-state index in [1.54, 1.807) is 34.5 Å². The Morgan fingerprint density at radius 3 is 2.02 bits per heavy atom. The molecule has 4 aromatic rings. The first-order chi connectivity index (χ1) is 20.6. The van der Waals surface area contributed by atoms with Crippen molar-refractivity contribution in [3.05, 3.63) is 116 Å². The van der Waals surface area contributed by atoms with E-state index in [0.29, 0.717) is 54.8 Å². The highest BCUT2D eigenvalue weighted by atomic mass is 35.5. The van der Waals surface area contributed by atoms with Crippen molar-refractivity contribution in [2.45, 2.75) is 38.2 Å². The molecule has 1 aliphatic rings. The van der Waals surface area contributed by atoms with E-state index in [1.165, 1.54) is 34.4 Å². The van der Waals surface area contributed by atoms with E-state index < -0.39 is 18.0 Å². The van der Waals surface area contributed by atoms with Gasteiger partial charge in [0, 0.05) is 47.5 Å². The monoisotopic (exact) mass is 647 g/mol. The molecule has 12 heteroatoms. The molecule has 5 rings (SSSR count). The topological polar surface area (TPSA) is 62.7 Å². The Bertz CT molecular complexity index is 1520. The predicted octanol–water partition coefficient (Wildman–Crippen LogP) is 8.21. The Morgan fingerprint density at radius 2 is 1.47 bits per heavy atom. The summed E-state index contributed by atoms with van der Waals surface area (Å²) in [5, 5.41) is 3.75. The number of nitrogens with zero attached hydrogens (tertiary/aromatic N) is 3. The van der Waals surface area contributed by atoms with Crippen LogP contribution in [0, 0.1) is 0 Å². The van der Waals surface area contributed by atoms with Crippen LogP contribution in [0.1, 0.15) is 55.7 Å². The molecule has 0 atom stereocenters. The van der Waals surface area contributed by atoms with E-state index in [-0.39, 0.29) is 17.4 Å². The maximum absolute atomic E-state index is 13.7. The second-order valence-corrected chi connectivity index (χ2v) is 11.9. The molecule has 224 valence electrons. The molecule has 0 saturated carbocycles. The van der Waals surface area contributed by atoms with Gasteiger partial charge in [-0.15, -0.1) is 24.5 Å². The molecule has 0 N–H and O–H groups in total. The number of benzene rings is 3. The van der Waals surface area contributed by atoms with Gasteiger partial charge in [-0.05, 0) is 60.4 Å². The number of para-hydroxylation sites is 1. The summed E-state index contributed by atoms with van der Waals surface area (Å²) in [6.07, 6.45) is -3.77. The molecule has 0 aliphatic carbocycles. The third kappa shape index (κ3) is 8.07. The molecule has 1 aliphatic heterocycles. The van der Waals surface area contributed by atoms with Gasteiger partial charge in [-0.3, -0.25) is 9.59 Å². The quantitative estimate of drug-likeness (QED) is 0.193. The zero-order valence-corrected chi connectivity index (χ0v) is 25.0. The summed E-state index contributed by atoms with van der Waals surface area (Å²) in [6.45, 7) is 1.38. The minimum atomic E-state index is -4.90. The highest BCUT2D eigenvalue weighted by Crippen LogP contribution is 2.33. The van der Waals surface area contributed by atoms with E-state index in [2.05, 4.69) is 9.72 Å². The SMILES string of the molecule is O=C(c1csc(C2CCN(C(=O)c3ccccc3OC(F)(F)F)CC2)n1)N(Cc1ccc(Cl)cc1)Cc1ccc(Cl)cc1. The molecular formula is C31H26Cl2F3N3O3S. The predicted molar refractivity (Wildman–Crippen MR) is 160 cm³/mol. The number of alkyl halides is 3. The second-order valence-electron chi connectivity index (χ2n) is 10.1. The molecule has 1 saturated heterocycles. The maximum atomic E-state index is 13.7. The standard InChI is InChI=1S/C31H26Cl2F3N3O3S/c32-23-9-5-20(6-10-23)17-39(18-21-7-11-24(33)12-8-21)30(41)26-19-43-28(37-26)22-13-15-38(16-14-22)29(40)25-3-1-2-4-27(25)42-31(34,35)36/h1-12,19,22H,13-18H2. The van der Waals surface area contributed by atoms with Crippen LogP contribution in [-0.2, 0) is 13.1 Å². The number of hydrogen-bond donors (Lipinski definition) is 0. The van der Waals surface area contributed by atoms with E-state index in [4.69, 9.17) is 23.2 Å². The minimum Gasteiger partial charge on any atom is -0.405 e. The van der Waals surface area contributed by atoms with Crippen LogP contribution in [-0.4, -0.2) is 46.1 Å². The highest BCUT2D eigenvalue weighted by Gasteiger charge is 2.34. The van der Waals surface area contributed by atoms with Gasteiger partial charge in [-0.25, -0.2) is 4.98 Å². The number of carbonyl (C=O) groups excluding carboxylic acids is 2. The smallest absolute Gasteiger partial charge is 0.405 e. The summed E-state index contributed by atoms with van der Waals surface area (Å²) in [6, 6.07) is 20.0. The average molecular weight is 649 g/mol. The summed E-state index contributed by atoms with van der Waals surface area (Å²) in [5.41, 5.74) is 2.03. The fourth-order valence-electron chi connectivity index (χ4n) is 4.91. The zero-order valence-electron chi connectivity index (χ0n) is 22.7. The van der Waals surface area contributed by atoms with Gasteiger partial charge in [0.1, 0.15) is 11.4 Å². The number of halogens is 5. The molecule has 3 aromatic carbocycles. The Kier molecular flexibility index (Phi) is 9.59. The van der Waals surface area contributed by atoms with Crippen LogP contribution in [0.2, 0.25) is 10.0 Å². The van der Waals surface area contributed by atoms with Crippen molar-refractivity contribution in [2.24, 2.45) is 0 Å². The first-order valence-corrected chi connectivity index (χ1v) is 15.1. The van der Waals surface area contributed by atoms with E-state index in [0.717, 1.165) is 22.2 Å². The van der Waals surface area contributed by atoms with Gasteiger partial charge in [0.05, 0.1) is 10.6 Å². The van der Waals surface area contributed by atoms with Gasteiger partial charge >= 0.3 is 6.36 Å². The normalized spacial score (nSPS) is 14.0. The molecule has 1 fully saturated rings. The zero-order chi connectivity index (χ0) is 30.6. The molecule has 43 heavy (non-hydrogen) atoms. The number of likely N-dealkylation sites (tertiary alicyclic amines) is 1. The third-order valence-corrected chi connectivity index (χ3v) is 8.59. The van der Waals surface area contributed by atoms with Crippen molar-refractivity contribution in [1.29, 1.82) is 0 Å². The molecule has 0 spiro atoms. The van der Waals surface area contributed by atoms with Gasteiger partial charge in [-0.1, -0.05) is 59.6 Å². The van der Waals surface area contributed by atoms with Gasteiger partial charge in [0.25, 0.3) is 11.8 Å².